The standard InChI is InChI=1S/C21H23N3O5/c1-28-17-12-16(13-18(14-17)29-2)21(27)24-23-20(26)10-11-22-19(25)9-8-15-6-4-3-5-7-15/h3-9,12-14H,10-11H2,1-2H3,(H,22,25)(H,23,26)(H,24,27)/b9-8+. The first kappa shape index (κ1) is 21.5. The molecule has 0 radical (unpaired) electrons. The third kappa shape index (κ3) is 7.37. The van der Waals surface area contributed by atoms with Crippen molar-refractivity contribution in [2.45, 2.75) is 6.42 Å². The third-order valence-corrected chi connectivity index (χ3v) is 3.81. The van der Waals surface area contributed by atoms with Crippen LogP contribution in [0.2, 0.25) is 0 Å². The summed E-state index contributed by atoms with van der Waals surface area (Å²) in [6.07, 6.45) is 3.08. The van der Waals surface area contributed by atoms with Crippen LogP contribution in [-0.2, 0) is 9.59 Å². The molecule has 2 aromatic rings. The van der Waals surface area contributed by atoms with E-state index in [4.69, 9.17) is 9.47 Å². The summed E-state index contributed by atoms with van der Waals surface area (Å²) in [6, 6.07) is 14.0. The Morgan fingerprint density at radius 2 is 1.59 bits per heavy atom. The molecule has 0 heterocycles. The number of ether oxygens (including phenoxy) is 2. The Labute approximate surface area is 168 Å². The highest BCUT2D eigenvalue weighted by molar-refractivity contribution is 5.96. The molecule has 0 saturated heterocycles. The molecule has 8 nitrogen and oxygen atoms in total. The highest BCUT2D eigenvalue weighted by Crippen LogP contribution is 2.22. The fraction of sp³-hybridized carbons (Fsp3) is 0.190. The normalized spacial score (nSPS) is 10.3. The minimum atomic E-state index is -0.523. The van der Waals surface area contributed by atoms with Gasteiger partial charge in [-0.05, 0) is 23.8 Å². The summed E-state index contributed by atoms with van der Waals surface area (Å²) in [5, 5.41) is 2.60. The maximum Gasteiger partial charge on any atom is 0.269 e. The summed E-state index contributed by atoms with van der Waals surface area (Å²) in [7, 11) is 2.95. The molecule has 0 atom stereocenters. The van der Waals surface area contributed by atoms with E-state index in [0.29, 0.717) is 11.5 Å². The van der Waals surface area contributed by atoms with Gasteiger partial charge < -0.3 is 14.8 Å². The number of nitrogens with one attached hydrogen (secondary N) is 3. The molecule has 0 aromatic heterocycles. The molecular weight excluding hydrogens is 374 g/mol. The molecular formula is C21H23N3O5. The van der Waals surface area contributed by atoms with Crippen molar-refractivity contribution in [2.24, 2.45) is 0 Å². The zero-order chi connectivity index (χ0) is 21.1. The number of hydrogen-bond acceptors (Lipinski definition) is 5. The molecule has 2 rings (SSSR count). The topological polar surface area (TPSA) is 106 Å². The third-order valence-electron chi connectivity index (χ3n) is 3.81. The van der Waals surface area contributed by atoms with Gasteiger partial charge in [0.25, 0.3) is 5.91 Å². The Kier molecular flexibility index (Phi) is 8.25. The van der Waals surface area contributed by atoms with Crippen LogP contribution in [0.5, 0.6) is 11.5 Å². The van der Waals surface area contributed by atoms with Crippen molar-refractivity contribution in [1.29, 1.82) is 0 Å². The van der Waals surface area contributed by atoms with Crippen molar-refractivity contribution in [2.75, 3.05) is 20.8 Å². The first-order chi connectivity index (χ1) is 14.0. The van der Waals surface area contributed by atoms with Gasteiger partial charge in [0.2, 0.25) is 11.8 Å². The molecule has 0 saturated carbocycles. The van der Waals surface area contributed by atoms with Crippen LogP contribution in [0.15, 0.2) is 54.6 Å². The van der Waals surface area contributed by atoms with Gasteiger partial charge in [-0.15, -0.1) is 0 Å². The molecule has 0 bridgehead atoms. The largest absolute Gasteiger partial charge is 0.497 e. The van der Waals surface area contributed by atoms with Crippen LogP contribution in [0, 0.1) is 0 Å². The second kappa shape index (κ2) is 11.1. The lowest BCUT2D eigenvalue weighted by atomic mass is 10.2. The Bertz CT molecular complexity index is 859. The predicted molar refractivity (Wildman–Crippen MR) is 108 cm³/mol. The zero-order valence-electron chi connectivity index (χ0n) is 16.2. The van der Waals surface area contributed by atoms with E-state index in [1.165, 1.54) is 32.4 Å². The fourth-order valence-electron chi connectivity index (χ4n) is 2.29. The summed E-state index contributed by atoms with van der Waals surface area (Å²) in [5.41, 5.74) is 5.77. The van der Waals surface area contributed by atoms with Crippen LogP contribution in [0.4, 0.5) is 0 Å². The average Bonchev–Trinajstić information content (AvgIpc) is 2.76. The Morgan fingerprint density at radius 1 is 0.931 bits per heavy atom. The maximum atomic E-state index is 12.2. The lowest BCUT2D eigenvalue weighted by Crippen LogP contribution is -2.42. The minimum Gasteiger partial charge on any atom is -0.497 e. The SMILES string of the molecule is COc1cc(OC)cc(C(=O)NNC(=O)CCNC(=O)/C=C/c2ccccc2)c1. The van der Waals surface area contributed by atoms with Crippen molar-refractivity contribution in [3.63, 3.8) is 0 Å². The first-order valence-electron chi connectivity index (χ1n) is 8.85. The predicted octanol–water partition coefficient (Wildman–Crippen LogP) is 1.68. The number of hydrogen-bond donors (Lipinski definition) is 3. The monoisotopic (exact) mass is 397 g/mol. The summed E-state index contributed by atoms with van der Waals surface area (Å²) in [4.78, 5) is 35.8. The van der Waals surface area contributed by atoms with Gasteiger partial charge in [-0.1, -0.05) is 30.3 Å². The van der Waals surface area contributed by atoms with Gasteiger partial charge in [0.05, 0.1) is 14.2 Å². The molecule has 3 N–H and O–H groups in total. The van der Waals surface area contributed by atoms with Crippen molar-refractivity contribution in [3.05, 3.63) is 65.7 Å². The summed E-state index contributed by atoms with van der Waals surface area (Å²) in [5.74, 6) is -0.376. The Hall–Kier alpha value is -3.81. The maximum absolute atomic E-state index is 12.2. The van der Waals surface area contributed by atoms with Crippen LogP contribution in [0.25, 0.3) is 6.08 Å². The highest BCUT2D eigenvalue weighted by Gasteiger charge is 2.11. The van der Waals surface area contributed by atoms with Crippen molar-refractivity contribution < 1.29 is 23.9 Å². The van der Waals surface area contributed by atoms with Gasteiger partial charge in [0, 0.05) is 30.7 Å². The Morgan fingerprint density at radius 3 is 2.21 bits per heavy atom. The van der Waals surface area contributed by atoms with Crippen molar-refractivity contribution >= 4 is 23.8 Å². The summed E-state index contributed by atoms with van der Waals surface area (Å²) >= 11 is 0. The number of rotatable bonds is 8. The van der Waals surface area contributed by atoms with Gasteiger partial charge in [-0.3, -0.25) is 25.2 Å². The van der Waals surface area contributed by atoms with E-state index in [0.717, 1.165) is 5.56 Å². The molecule has 0 spiro atoms. The van der Waals surface area contributed by atoms with Crippen LogP contribution in [0.3, 0.4) is 0 Å². The van der Waals surface area contributed by atoms with E-state index >= 15 is 0 Å². The highest BCUT2D eigenvalue weighted by atomic mass is 16.5. The molecule has 0 fully saturated rings. The number of hydrazine groups is 1. The number of methoxy groups -OCH3 is 2. The second-order valence-corrected chi connectivity index (χ2v) is 5.89. The molecule has 2 aromatic carbocycles. The Balaban J connectivity index is 1.73. The molecule has 152 valence electrons. The van der Waals surface area contributed by atoms with Crippen LogP contribution in [-0.4, -0.2) is 38.5 Å². The van der Waals surface area contributed by atoms with E-state index in [9.17, 15) is 14.4 Å². The van der Waals surface area contributed by atoms with Gasteiger partial charge >= 0.3 is 0 Å². The first-order valence-corrected chi connectivity index (χ1v) is 8.85. The lowest BCUT2D eigenvalue weighted by molar-refractivity contribution is -0.122. The van der Waals surface area contributed by atoms with Gasteiger partial charge in [0.1, 0.15) is 11.5 Å². The second-order valence-electron chi connectivity index (χ2n) is 5.89. The molecule has 0 unspecified atom stereocenters. The van der Waals surface area contributed by atoms with E-state index in [2.05, 4.69) is 16.2 Å². The lowest BCUT2D eigenvalue weighted by Gasteiger charge is -2.10. The fourth-order valence-corrected chi connectivity index (χ4v) is 2.29. The quantitative estimate of drug-likeness (QED) is 0.464. The molecule has 0 aliphatic carbocycles. The molecule has 0 aliphatic heterocycles. The van der Waals surface area contributed by atoms with E-state index in [-0.39, 0.29) is 24.4 Å². The van der Waals surface area contributed by atoms with Crippen LogP contribution < -0.4 is 25.6 Å². The van der Waals surface area contributed by atoms with Crippen molar-refractivity contribution in [3.8, 4) is 11.5 Å². The number of carbonyl (C=O) groups excluding carboxylic acids is 3. The van der Waals surface area contributed by atoms with Gasteiger partial charge in [-0.25, -0.2) is 0 Å². The molecule has 29 heavy (non-hydrogen) atoms. The van der Waals surface area contributed by atoms with E-state index in [1.807, 2.05) is 30.3 Å². The van der Waals surface area contributed by atoms with Crippen molar-refractivity contribution in [1.82, 2.24) is 16.2 Å². The smallest absolute Gasteiger partial charge is 0.269 e. The van der Waals surface area contributed by atoms with E-state index in [1.54, 1.807) is 12.1 Å². The summed E-state index contributed by atoms with van der Waals surface area (Å²) in [6.45, 7) is 0.132. The van der Waals surface area contributed by atoms with E-state index < -0.39 is 11.8 Å². The minimum absolute atomic E-state index is 0.00658. The molecule has 8 heteroatoms. The van der Waals surface area contributed by atoms with Crippen LogP contribution in [0.1, 0.15) is 22.3 Å². The molecule has 3 amide bonds. The van der Waals surface area contributed by atoms with Gasteiger partial charge in [-0.2, -0.15) is 0 Å². The number of benzene rings is 2. The average molecular weight is 397 g/mol. The zero-order valence-corrected chi connectivity index (χ0v) is 16.2. The summed E-state index contributed by atoms with van der Waals surface area (Å²) < 4.78 is 10.2. The molecule has 0 aliphatic rings. The van der Waals surface area contributed by atoms with Crippen LogP contribution >= 0.6 is 0 Å². The number of amides is 3. The van der Waals surface area contributed by atoms with Gasteiger partial charge in [0.15, 0.2) is 0 Å². The number of carbonyl (C=O) groups is 3.